The standard InChI is InChI=1S/C34H42F17NO5Si/c1-19(2)58(20(3)4,57-16-15-56-24-12-10-23(11-13-24)26(54)22(6)9-7-8-21(5)18-25(53)52-55)17-14-27(35,36)28(37,38)29(39,40)30(41,42)31(43,44)32(45,46)33(47,48)34(49,50)51/h7-8,10-13,18-20,22,26,54-55H,9,14-17H2,1-6H3,(H,52,53)/b8-7+,21-18+/t22-,26-/m1/s1. The van der Waals surface area contributed by atoms with Crippen LogP contribution in [0, 0.1) is 5.92 Å². The van der Waals surface area contributed by atoms with Crippen LogP contribution in [0.3, 0.4) is 0 Å². The van der Waals surface area contributed by atoms with Crippen LogP contribution < -0.4 is 10.2 Å². The highest BCUT2D eigenvalue weighted by Crippen LogP contribution is 2.64. The van der Waals surface area contributed by atoms with E-state index in [4.69, 9.17) is 14.4 Å². The molecule has 0 aliphatic carbocycles. The van der Waals surface area contributed by atoms with Gasteiger partial charge in [-0.1, -0.05) is 58.9 Å². The summed E-state index contributed by atoms with van der Waals surface area (Å²) in [6.45, 7) is 7.75. The Morgan fingerprint density at radius 1 is 0.724 bits per heavy atom. The molecule has 3 N–H and O–H groups in total. The van der Waals surface area contributed by atoms with Gasteiger partial charge in [0.15, 0.2) is 8.32 Å². The summed E-state index contributed by atoms with van der Waals surface area (Å²) in [4.78, 5) is 11.2. The van der Waals surface area contributed by atoms with Crippen molar-refractivity contribution in [2.24, 2.45) is 5.92 Å². The molecule has 0 aromatic heterocycles. The van der Waals surface area contributed by atoms with Gasteiger partial charge in [0, 0.05) is 12.5 Å². The fraction of sp³-hybridized carbons (Fsp3) is 0.676. The topological polar surface area (TPSA) is 88.0 Å². The summed E-state index contributed by atoms with van der Waals surface area (Å²) in [7, 11) is -3.95. The maximum Gasteiger partial charge on any atom is 0.460 e. The Bertz CT molecular complexity index is 1560. The molecule has 0 aliphatic rings. The predicted octanol–water partition coefficient (Wildman–Crippen LogP) is 11.3. The van der Waals surface area contributed by atoms with E-state index in [0.29, 0.717) is 17.6 Å². The van der Waals surface area contributed by atoms with Crippen LogP contribution in [0.5, 0.6) is 5.75 Å². The van der Waals surface area contributed by atoms with Crippen LogP contribution in [0.2, 0.25) is 17.1 Å². The number of rotatable bonds is 22. The Hall–Kier alpha value is -3.12. The summed E-state index contributed by atoms with van der Waals surface area (Å²) >= 11 is 0. The lowest BCUT2D eigenvalue weighted by molar-refractivity contribution is -0.461. The van der Waals surface area contributed by atoms with Gasteiger partial charge in [0.25, 0.3) is 5.91 Å². The number of carbonyl (C=O) groups is 1. The van der Waals surface area contributed by atoms with Gasteiger partial charge in [-0.25, -0.2) is 5.48 Å². The molecule has 6 nitrogen and oxygen atoms in total. The van der Waals surface area contributed by atoms with E-state index in [1.54, 1.807) is 26.0 Å². The number of hydrogen-bond donors (Lipinski definition) is 3. The first-order chi connectivity index (χ1) is 26.0. The largest absolute Gasteiger partial charge is 0.491 e. The fourth-order valence-electron chi connectivity index (χ4n) is 5.72. The van der Waals surface area contributed by atoms with Crippen LogP contribution in [0.25, 0.3) is 0 Å². The number of benzene rings is 1. The lowest BCUT2D eigenvalue weighted by Crippen LogP contribution is -2.74. The Labute approximate surface area is 322 Å². The van der Waals surface area contributed by atoms with Crippen molar-refractivity contribution in [3.05, 3.63) is 53.6 Å². The first-order valence-electron chi connectivity index (χ1n) is 17.0. The maximum absolute atomic E-state index is 14.9. The number of ether oxygens (including phenoxy) is 1. The van der Waals surface area contributed by atoms with Crippen LogP contribution in [-0.2, 0) is 9.22 Å². The molecule has 0 saturated carbocycles. The van der Waals surface area contributed by atoms with E-state index >= 15 is 0 Å². The van der Waals surface area contributed by atoms with Gasteiger partial charge in [-0.2, -0.15) is 74.6 Å². The van der Waals surface area contributed by atoms with E-state index in [1.807, 2.05) is 0 Å². The van der Waals surface area contributed by atoms with E-state index in [0.717, 1.165) is 6.08 Å². The molecule has 2 atom stereocenters. The number of nitrogens with one attached hydrogen (secondary N) is 1. The summed E-state index contributed by atoms with van der Waals surface area (Å²) < 4.78 is 246. The van der Waals surface area contributed by atoms with Crippen molar-refractivity contribution in [3.63, 3.8) is 0 Å². The molecule has 0 aliphatic heterocycles. The minimum atomic E-state index is -8.68. The average molecular weight is 896 g/mol. The maximum atomic E-state index is 14.9. The molecule has 0 saturated heterocycles. The average Bonchev–Trinajstić information content (AvgIpc) is 3.09. The summed E-state index contributed by atoms with van der Waals surface area (Å²) in [5, 5.41) is 19.2. The van der Waals surface area contributed by atoms with E-state index in [1.165, 1.54) is 57.4 Å². The Morgan fingerprint density at radius 3 is 1.60 bits per heavy atom. The van der Waals surface area contributed by atoms with Crippen LogP contribution in [0.1, 0.15) is 66.1 Å². The number of hydrogen-bond acceptors (Lipinski definition) is 5. The number of carbonyl (C=O) groups excluding carboxylic acids is 1. The number of hydroxylamine groups is 1. The quantitative estimate of drug-likeness (QED) is 0.0205. The molecule has 0 spiro atoms. The van der Waals surface area contributed by atoms with Crippen molar-refractivity contribution in [1.29, 1.82) is 0 Å². The number of aliphatic hydroxyl groups is 1. The molecule has 24 heteroatoms. The van der Waals surface area contributed by atoms with Crippen molar-refractivity contribution in [1.82, 2.24) is 5.48 Å². The van der Waals surface area contributed by atoms with E-state index in [2.05, 4.69) is 0 Å². The van der Waals surface area contributed by atoms with Gasteiger partial charge < -0.3 is 14.3 Å². The Morgan fingerprint density at radius 2 is 1.17 bits per heavy atom. The van der Waals surface area contributed by atoms with Gasteiger partial charge in [0.2, 0.25) is 0 Å². The first kappa shape index (κ1) is 52.9. The summed E-state index contributed by atoms with van der Waals surface area (Å²) in [5.74, 6) is -57.6. The normalized spacial score (nSPS) is 16.0. The molecule has 0 heterocycles. The second-order valence-electron chi connectivity index (χ2n) is 14.1. The van der Waals surface area contributed by atoms with Crippen LogP contribution in [0.15, 0.2) is 48.1 Å². The third kappa shape index (κ3) is 10.4. The monoisotopic (exact) mass is 895 g/mol. The molecule has 58 heavy (non-hydrogen) atoms. The van der Waals surface area contributed by atoms with Gasteiger partial charge in [-0.3, -0.25) is 10.0 Å². The van der Waals surface area contributed by atoms with E-state index in [-0.39, 0.29) is 18.3 Å². The second kappa shape index (κ2) is 18.6. The summed E-state index contributed by atoms with van der Waals surface area (Å²) in [6, 6.07) is 4.50. The summed E-state index contributed by atoms with van der Waals surface area (Å²) in [6.07, 6.45) is -6.59. The van der Waals surface area contributed by atoms with Crippen LogP contribution in [0.4, 0.5) is 74.6 Å². The zero-order chi connectivity index (χ0) is 45.7. The molecular weight excluding hydrogens is 853 g/mol. The predicted molar refractivity (Wildman–Crippen MR) is 176 cm³/mol. The molecule has 336 valence electrons. The van der Waals surface area contributed by atoms with Crippen molar-refractivity contribution in [3.8, 4) is 5.75 Å². The first-order valence-corrected chi connectivity index (χ1v) is 19.3. The SMILES string of the molecule is CC(/C=C/C[C@@H](C)[C@@H](O)c1ccc(OCCO[Si](CCC(F)(F)C(F)(F)C(F)(F)C(F)(F)C(F)(F)C(F)(F)C(F)(F)C(F)(F)F)(C(C)C)C(C)C)cc1)=C\C(=O)NO. The molecule has 0 radical (unpaired) electrons. The Balaban J connectivity index is 3.16. The van der Waals surface area contributed by atoms with Gasteiger partial charge in [0.1, 0.15) is 12.4 Å². The smallest absolute Gasteiger partial charge is 0.460 e. The number of aliphatic hydroxyl groups excluding tert-OH is 1. The zero-order valence-electron chi connectivity index (χ0n) is 31.4. The number of halogens is 17. The third-order valence-electron chi connectivity index (χ3n) is 9.41. The van der Waals surface area contributed by atoms with Crippen molar-refractivity contribution in [2.45, 2.75) is 125 Å². The van der Waals surface area contributed by atoms with E-state index in [9.17, 15) is 84.5 Å². The number of alkyl halides is 17. The van der Waals surface area contributed by atoms with Crippen molar-refractivity contribution in [2.75, 3.05) is 13.2 Å². The lowest BCUT2D eigenvalue weighted by Gasteiger charge is -2.44. The van der Waals surface area contributed by atoms with Crippen LogP contribution >= 0.6 is 0 Å². The van der Waals surface area contributed by atoms with E-state index < -0.39 is 98.1 Å². The highest BCUT2D eigenvalue weighted by Gasteiger charge is 2.95. The molecule has 1 rings (SSSR count). The molecule has 0 fully saturated rings. The number of allylic oxidation sites excluding steroid dienone is 3. The second-order valence-corrected chi connectivity index (χ2v) is 19.1. The Kier molecular flexibility index (Phi) is 17.0. The van der Waals surface area contributed by atoms with Gasteiger partial charge in [-0.05, 0) is 59.7 Å². The number of amides is 1. The van der Waals surface area contributed by atoms with Gasteiger partial charge in [-0.15, -0.1) is 0 Å². The van der Waals surface area contributed by atoms with Crippen LogP contribution in [-0.4, -0.2) is 85.4 Å². The molecule has 0 bridgehead atoms. The molecule has 1 aromatic carbocycles. The van der Waals surface area contributed by atoms with Gasteiger partial charge in [0.05, 0.1) is 12.7 Å². The molecule has 1 aromatic rings. The highest BCUT2D eigenvalue weighted by molar-refractivity contribution is 6.76. The zero-order valence-corrected chi connectivity index (χ0v) is 32.4. The summed E-state index contributed by atoms with van der Waals surface area (Å²) in [5.41, 5.74) is 0.682. The van der Waals surface area contributed by atoms with Gasteiger partial charge >= 0.3 is 47.6 Å². The minimum absolute atomic E-state index is 0.168. The molecular formula is C34H42F17NO5Si. The molecule has 1 amide bonds. The minimum Gasteiger partial charge on any atom is -0.491 e. The fourth-order valence-corrected chi connectivity index (χ4v) is 10.2. The third-order valence-corrected chi connectivity index (χ3v) is 15.1. The van der Waals surface area contributed by atoms with Crippen molar-refractivity contribution >= 4 is 14.2 Å². The highest BCUT2D eigenvalue weighted by atomic mass is 28.4. The van der Waals surface area contributed by atoms with Crippen molar-refractivity contribution < 1.29 is 98.9 Å². The molecule has 0 unspecified atom stereocenters. The lowest BCUT2D eigenvalue weighted by atomic mass is 9.88.